The van der Waals surface area contributed by atoms with Crippen molar-refractivity contribution in [2.45, 2.75) is 13.3 Å². The molecule has 3 rings (SSSR count). The Morgan fingerprint density at radius 2 is 1.85 bits per heavy atom. The minimum absolute atomic E-state index is 0.0938. The average Bonchev–Trinajstić information content (AvgIpc) is 2.65. The third-order valence-electron chi connectivity index (χ3n) is 4.74. The van der Waals surface area contributed by atoms with Gasteiger partial charge in [-0.1, -0.05) is 36.7 Å². The number of likely N-dealkylation sites (N-methyl/N-ethyl adjacent to an activating group) is 1. The van der Waals surface area contributed by atoms with Crippen LogP contribution >= 0.6 is 11.6 Å². The predicted molar refractivity (Wildman–Crippen MR) is 105 cm³/mol. The van der Waals surface area contributed by atoms with Gasteiger partial charge in [0.15, 0.2) is 0 Å². The number of hydrogen-bond donors (Lipinski definition) is 1. The minimum atomic E-state index is -0.461. The van der Waals surface area contributed by atoms with Crippen molar-refractivity contribution < 1.29 is 9.18 Å². The summed E-state index contributed by atoms with van der Waals surface area (Å²) >= 11 is 6.02. The van der Waals surface area contributed by atoms with Crippen molar-refractivity contribution >= 4 is 28.9 Å². The molecule has 0 atom stereocenters. The molecule has 0 bridgehead atoms. The molecule has 1 aliphatic rings. The highest BCUT2D eigenvalue weighted by Gasteiger charge is 2.19. The molecule has 6 heteroatoms. The van der Waals surface area contributed by atoms with Gasteiger partial charge in [0, 0.05) is 36.8 Å². The van der Waals surface area contributed by atoms with E-state index in [1.54, 1.807) is 6.07 Å². The maximum Gasteiger partial charge on any atom is 0.229 e. The van der Waals surface area contributed by atoms with Crippen molar-refractivity contribution in [3.63, 3.8) is 0 Å². The van der Waals surface area contributed by atoms with Gasteiger partial charge in [0.1, 0.15) is 5.82 Å². The van der Waals surface area contributed by atoms with Gasteiger partial charge >= 0.3 is 0 Å². The van der Waals surface area contributed by atoms with E-state index in [0.717, 1.165) is 44.1 Å². The number of para-hydroxylation sites is 2. The van der Waals surface area contributed by atoms with E-state index < -0.39 is 5.82 Å². The Bertz CT molecular complexity index is 755. The van der Waals surface area contributed by atoms with Crippen LogP contribution in [0.1, 0.15) is 12.5 Å². The van der Waals surface area contributed by atoms with Gasteiger partial charge in [-0.2, -0.15) is 0 Å². The zero-order chi connectivity index (χ0) is 18.5. The maximum atomic E-state index is 13.9. The second kappa shape index (κ2) is 8.52. The van der Waals surface area contributed by atoms with E-state index in [1.165, 1.54) is 12.1 Å². The number of nitrogens with zero attached hydrogens (tertiary/aromatic N) is 2. The Labute approximate surface area is 158 Å². The number of piperazine rings is 1. The molecule has 138 valence electrons. The number of carbonyl (C=O) groups is 1. The molecule has 2 aromatic rings. The minimum Gasteiger partial charge on any atom is -0.367 e. The van der Waals surface area contributed by atoms with E-state index in [-0.39, 0.29) is 22.9 Å². The van der Waals surface area contributed by atoms with Gasteiger partial charge in [0.25, 0.3) is 0 Å². The van der Waals surface area contributed by atoms with Crippen molar-refractivity contribution in [1.82, 2.24) is 4.90 Å². The van der Waals surface area contributed by atoms with Gasteiger partial charge in [-0.25, -0.2) is 4.39 Å². The molecule has 4 nitrogen and oxygen atoms in total. The van der Waals surface area contributed by atoms with Crippen LogP contribution < -0.4 is 10.2 Å². The van der Waals surface area contributed by atoms with Crippen LogP contribution in [-0.2, 0) is 11.2 Å². The Morgan fingerprint density at radius 3 is 2.54 bits per heavy atom. The summed E-state index contributed by atoms with van der Waals surface area (Å²) in [5.74, 6) is -0.742. The number of carbonyl (C=O) groups excluding carboxylic acids is 1. The van der Waals surface area contributed by atoms with Gasteiger partial charge in [0.05, 0.1) is 17.8 Å². The van der Waals surface area contributed by atoms with E-state index in [0.29, 0.717) is 0 Å². The highest BCUT2D eigenvalue weighted by molar-refractivity contribution is 6.31. The van der Waals surface area contributed by atoms with Gasteiger partial charge in [-0.15, -0.1) is 0 Å². The molecular weight excluding hydrogens is 353 g/mol. The largest absolute Gasteiger partial charge is 0.367 e. The SMILES string of the molecule is CCN1CCN(c2ccccc2NC(=O)Cc2c(F)cccc2Cl)CC1. The first-order valence-corrected chi connectivity index (χ1v) is 9.25. The molecule has 1 heterocycles. The molecule has 1 aliphatic heterocycles. The van der Waals surface area contributed by atoms with Crippen LogP contribution in [0.15, 0.2) is 42.5 Å². The van der Waals surface area contributed by atoms with E-state index in [9.17, 15) is 9.18 Å². The lowest BCUT2D eigenvalue weighted by Crippen LogP contribution is -2.46. The lowest BCUT2D eigenvalue weighted by Gasteiger charge is -2.36. The molecule has 1 saturated heterocycles. The zero-order valence-electron chi connectivity index (χ0n) is 14.8. The topological polar surface area (TPSA) is 35.6 Å². The molecule has 26 heavy (non-hydrogen) atoms. The number of hydrogen-bond acceptors (Lipinski definition) is 3. The lowest BCUT2D eigenvalue weighted by molar-refractivity contribution is -0.115. The number of nitrogens with one attached hydrogen (secondary N) is 1. The molecule has 1 amide bonds. The smallest absolute Gasteiger partial charge is 0.229 e. The van der Waals surface area contributed by atoms with Crippen LogP contribution in [0.2, 0.25) is 5.02 Å². The third kappa shape index (κ3) is 4.34. The summed E-state index contributed by atoms with van der Waals surface area (Å²) in [7, 11) is 0. The van der Waals surface area contributed by atoms with Crippen LogP contribution in [0.25, 0.3) is 0 Å². The normalized spacial score (nSPS) is 15.1. The highest BCUT2D eigenvalue weighted by Crippen LogP contribution is 2.27. The Balaban J connectivity index is 1.71. The maximum absolute atomic E-state index is 13.9. The van der Waals surface area contributed by atoms with Crippen molar-refractivity contribution in [1.29, 1.82) is 0 Å². The molecule has 0 radical (unpaired) electrons. The van der Waals surface area contributed by atoms with E-state index in [2.05, 4.69) is 22.0 Å². The third-order valence-corrected chi connectivity index (χ3v) is 5.09. The van der Waals surface area contributed by atoms with Crippen LogP contribution in [0.4, 0.5) is 15.8 Å². The molecule has 0 spiro atoms. The first-order chi connectivity index (χ1) is 12.6. The van der Waals surface area contributed by atoms with E-state index in [4.69, 9.17) is 11.6 Å². The Kier molecular flexibility index (Phi) is 6.12. The van der Waals surface area contributed by atoms with E-state index >= 15 is 0 Å². The monoisotopic (exact) mass is 375 g/mol. The molecule has 1 fully saturated rings. The molecular formula is C20H23ClFN3O. The van der Waals surface area contributed by atoms with Crippen LogP contribution in [0, 0.1) is 5.82 Å². The summed E-state index contributed by atoms with van der Waals surface area (Å²) in [5.41, 5.74) is 1.96. The van der Waals surface area contributed by atoms with Crippen LogP contribution in [-0.4, -0.2) is 43.5 Å². The first-order valence-electron chi connectivity index (χ1n) is 8.87. The fraction of sp³-hybridized carbons (Fsp3) is 0.350. The van der Waals surface area contributed by atoms with Crippen molar-refractivity contribution in [2.24, 2.45) is 0 Å². The molecule has 2 aromatic carbocycles. The Hall–Kier alpha value is -2.11. The first kappa shape index (κ1) is 18.7. The number of rotatable bonds is 5. The van der Waals surface area contributed by atoms with Gasteiger partial charge < -0.3 is 15.1 Å². The fourth-order valence-electron chi connectivity index (χ4n) is 3.22. The summed E-state index contributed by atoms with van der Waals surface area (Å²) in [6.45, 7) is 7.06. The zero-order valence-corrected chi connectivity index (χ0v) is 15.6. The molecule has 1 N–H and O–H groups in total. The number of amides is 1. The molecule has 0 unspecified atom stereocenters. The van der Waals surface area contributed by atoms with Crippen molar-refractivity contribution in [3.05, 3.63) is 58.9 Å². The molecule has 0 aromatic heterocycles. The molecule has 0 saturated carbocycles. The summed E-state index contributed by atoms with van der Waals surface area (Å²) in [4.78, 5) is 17.1. The lowest BCUT2D eigenvalue weighted by atomic mass is 10.1. The van der Waals surface area contributed by atoms with E-state index in [1.807, 2.05) is 24.3 Å². The van der Waals surface area contributed by atoms with Crippen LogP contribution in [0.3, 0.4) is 0 Å². The van der Waals surface area contributed by atoms with Gasteiger partial charge in [0.2, 0.25) is 5.91 Å². The summed E-state index contributed by atoms with van der Waals surface area (Å²) in [5, 5.41) is 3.18. The average molecular weight is 376 g/mol. The van der Waals surface area contributed by atoms with Crippen molar-refractivity contribution in [2.75, 3.05) is 42.9 Å². The predicted octanol–water partition coefficient (Wildman–Crippen LogP) is 3.80. The quantitative estimate of drug-likeness (QED) is 0.863. The van der Waals surface area contributed by atoms with Gasteiger partial charge in [-0.3, -0.25) is 4.79 Å². The van der Waals surface area contributed by atoms with Crippen molar-refractivity contribution in [3.8, 4) is 0 Å². The highest BCUT2D eigenvalue weighted by atomic mass is 35.5. The second-order valence-electron chi connectivity index (χ2n) is 6.36. The Morgan fingerprint density at radius 1 is 1.12 bits per heavy atom. The summed E-state index contributed by atoms with van der Waals surface area (Å²) < 4.78 is 13.9. The van der Waals surface area contributed by atoms with Gasteiger partial charge in [-0.05, 0) is 30.8 Å². The molecule has 0 aliphatic carbocycles. The number of benzene rings is 2. The summed E-state index contributed by atoms with van der Waals surface area (Å²) in [6, 6.07) is 12.2. The number of anilines is 2. The summed E-state index contributed by atoms with van der Waals surface area (Å²) in [6.07, 6.45) is -0.0938. The fourth-order valence-corrected chi connectivity index (χ4v) is 3.45. The number of halogens is 2. The van der Waals surface area contributed by atoms with Crippen LogP contribution in [0.5, 0.6) is 0 Å². The second-order valence-corrected chi connectivity index (χ2v) is 6.77. The standard InChI is InChI=1S/C20H23ClFN3O/c1-2-24-10-12-25(13-11-24)19-9-4-3-8-18(19)23-20(26)14-15-16(21)6-5-7-17(15)22/h3-9H,2,10-14H2,1H3,(H,23,26).